The van der Waals surface area contributed by atoms with Crippen LogP contribution in [0.1, 0.15) is 10.4 Å². The second-order valence-corrected chi connectivity index (χ2v) is 6.27. The second kappa shape index (κ2) is 7.04. The minimum Gasteiger partial charge on any atom is -0.339 e. The molecule has 1 aromatic rings. The SMILES string of the molecule is CN1CCN(C(=O)CN(C)C(=O)c2ccc(Br)cc2)CC1. The van der Waals surface area contributed by atoms with Crippen LogP contribution in [0.15, 0.2) is 28.7 Å². The first kappa shape index (κ1) is 16.0. The highest BCUT2D eigenvalue weighted by molar-refractivity contribution is 9.10. The van der Waals surface area contributed by atoms with Crippen molar-refractivity contribution >= 4 is 27.7 Å². The quantitative estimate of drug-likeness (QED) is 0.822. The summed E-state index contributed by atoms with van der Waals surface area (Å²) >= 11 is 3.34. The highest BCUT2D eigenvalue weighted by atomic mass is 79.9. The monoisotopic (exact) mass is 353 g/mol. The Labute approximate surface area is 133 Å². The standard InChI is InChI=1S/C15H20BrN3O2/c1-17-7-9-19(10-8-17)14(20)11-18(2)15(21)12-3-5-13(16)6-4-12/h3-6H,7-11H2,1-2H3. The lowest BCUT2D eigenvalue weighted by molar-refractivity contribution is -0.133. The molecule has 0 saturated carbocycles. The van der Waals surface area contributed by atoms with Crippen molar-refractivity contribution in [1.82, 2.24) is 14.7 Å². The van der Waals surface area contributed by atoms with E-state index in [4.69, 9.17) is 0 Å². The van der Waals surface area contributed by atoms with Crippen LogP contribution in [0.4, 0.5) is 0 Å². The van der Waals surface area contributed by atoms with Crippen molar-refractivity contribution in [3.05, 3.63) is 34.3 Å². The lowest BCUT2D eigenvalue weighted by atomic mass is 10.2. The molecule has 1 aliphatic rings. The number of likely N-dealkylation sites (N-methyl/N-ethyl adjacent to an activating group) is 2. The average Bonchev–Trinajstić information content (AvgIpc) is 2.47. The molecule has 1 heterocycles. The van der Waals surface area contributed by atoms with Crippen LogP contribution in [0.2, 0.25) is 0 Å². The Morgan fingerprint density at radius 2 is 1.71 bits per heavy atom. The second-order valence-electron chi connectivity index (χ2n) is 5.35. The van der Waals surface area contributed by atoms with E-state index in [1.807, 2.05) is 24.1 Å². The Hall–Kier alpha value is -1.40. The first-order valence-electron chi connectivity index (χ1n) is 6.94. The summed E-state index contributed by atoms with van der Waals surface area (Å²) in [6, 6.07) is 7.15. The van der Waals surface area contributed by atoms with Crippen LogP contribution in [0.25, 0.3) is 0 Å². The van der Waals surface area contributed by atoms with E-state index in [1.165, 1.54) is 4.90 Å². The summed E-state index contributed by atoms with van der Waals surface area (Å²) in [6.45, 7) is 3.36. The molecule has 0 atom stereocenters. The number of carbonyl (C=O) groups excluding carboxylic acids is 2. The predicted molar refractivity (Wildman–Crippen MR) is 85.2 cm³/mol. The molecule has 0 aromatic heterocycles. The fourth-order valence-corrected chi connectivity index (χ4v) is 2.51. The van der Waals surface area contributed by atoms with Crippen molar-refractivity contribution in [3.63, 3.8) is 0 Å². The number of hydrogen-bond acceptors (Lipinski definition) is 3. The predicted octanol–water partition coefficient (Wildman–Crippen LogP) is 1.30. The van der Waals surface area contributed by atoms with Gasteiger partial charge in [0.05, 0.1) is 6.54 Å². The number of amides is 2. The van der Waals surface area contributed by atoms with Gasteiger partial charge in [0.25, 0.3) is 5.91 Å². The molecule has 6 heteroatoms. The number of benzene rings is 1. The van der Waals surface area contributed by atoms with Crippen molar-refractivity contribution in [1.29, 1.82) is 0 Å². The minimum atomic E-state index is -0.134. The molecule has 1 aliphatic heterocycles. The Balaban J connectivity index is 1.91. The molecule has 0 spiro atoms. The van der Waals surface area contributed by atoms with E-state index in [0.29, 0.717) is 5.56 Å². The van der Waals surface area contributed by atoms with Crippen LogP contribution in [0.5, 0.6) is 0 Å². The van der Waals surface area contributed by atoms with E-state index in [-0.39, 0.29) is 18.4 Å². The maximum absolute atomic E-state index is 12.3. The Morgan fingerprint density at radius 3 is 2.29 bits per heavy atom. The fraction of sp³-hybridized carbons (Fsp3) is 0.467. The maximum Gasteiger partial charge on any atom is 0.254 e. The van der Waals surface area contributed by atoms with Crippen LogP contribution in [0.3, 0.4) is 0 Å². The van der Waals surface area contributed by atoms with Crippen molar-refractivity contribution in [3.8, 4) is 0 Å². The molecule has 0 bridgehead atoms. The number of piperazine rings is 1. The number of hydrogen-bond donors (Lipinski definition) is 0. The van der Waals surface area contributed by atoms with Gasteiger partial charge in [0.2, 0.25) is 5.91 Å². The molecule has 0 radical (unpaired) electrons. The van der Waals surface area contributed by atoms with Gasteiger partial charge >= 0.3 is 0 Å². The van der Waals surface area contributed by atoms with Crippen molar-refractivity contribution in [2.24, 2.45) is 0 Å². The van der Waals surface area contributed by atoms with Gasteiger partial charge in [-0.2, -0.15) is 0 Å². The summed E-state index contributed by atoms with van der Waals surface area (Å²) in [5.41, 5.74) is 0.590. The van der Waals surface area contributed by atoms with Crippen LogP contribution in [-0.2, 0) is 4.79 Å². The first-order chi connectivity index (χ1) is 9.97. The summed E-state index contributed by atoms with van der Waals surface area (Å²) in [5, 5.41) is 0. The Morgan fingerprint density at radius 1 is 1.14 bits per heavy atom. The Bertz CT molecular complexity index is 510. The van der Waals surface area contributed by atoms with E-state index < -0.39 is 0 Å². The topological polar surface area (TPSA) is 43.9 Å². The third-order valence-electron chi connectivity index (χ3n) is 3.67. The van der Waals surface area contributed by atoms with Crippen molar-refractivity contribution in [2.75, 3.05) is 46.8 Å². The third-order valence-corrected chi connectivity index (χ3v) is 4.19. The fourth-order valence-electron chi connectivity index (χ4n) is 2.24. The van der Waals surface area contributed by atoms with Gasteiger partial charge < -0.3 is 14.7 Å². The summed E-state index contributed by atoms with van der Waals surface area (Å²) in [6.07, 6.45) is 0. The molecule has 0 unspecified atom stereocenters. The third kappa shape index (κ3) is 4.28. The van der Waals surface area contributed by atoms with Gasteiger partial charge in [-0.25, -0.2) is 0 Å². The van der Waals surface area contributed by atoms with Crippen LogP contribution >= 0.6 is 15.9 Å². The van der Waals surface area contributed by atoms with Gasteiger partial charge in [-0.3, -0.25) is 9.59 Å². The molecule has 0 N–H and O–H groups in total. The normalized spacial score (nSPS) is 15.9. The number of rotatable bonds is 3. The highest BCUT2D eigenvalue weighted by Crippen LogP contribution is 2.12. The molecule has 114 valence electrons. The zero-order valence-corrected chi connectivity index (χ0v) is 14.0. The molecular formula is C15H20BrN3O2. The van der Waals surface area contributed by atoms with Gasteiger partial charge in [-0.15, -0.1) is 0 Å². The summed E-state index contributed by atoms with van der Waals surface area (Å²) in [4.78, 5) is 30.0. The van der Waals surface area contributed by atoms with E-state index in [9.17, 15) is 9.59 Å². The van der Waals surface area contributed by atoms with Gasteiger partial charge in [0, 0.05) is 43.3 Å². The van der Waals surface area contributed by atoms with Gasteiger partial charge in [-0.05, 0) is 31.3 Å². The highest BCUT2D eigenvalue weighted by Gasteiger charge is 2.22. The average molecular weight is 354 g/mol. The Kier molecular flexibility index (Phi) is 5.36. The van der Waals surface area contributed by atoms with Crippen molar-refractivity contribution < 1.29 is 9.59 Å². The van der Waals surface area contributed by atoms with Crippen LogP contribution in [0, 0.1) is 0 Å². The molecule has 2 amide bonds. The molecule has 0 aliphatic carbocycles. The first-order valence-corrected chi connectivity index (χ1v) is 7.74. The molecule has 21 heavy (non-hydrogen) atoms. The van der Waals surface area contributed by atoms with Crippen LogP contribution < -0.4 is 0 Å². The molecular weight excluding hydrogens is 334 g/mol. The van der Waals surface area contributed by atoms with Crippen LogP contribution in [-0.4, -0.2) is 73.3 Å². The zero-order valence-electron chi connectivity index (χ0n) is 12.4. The number of halogens is 1. The molecule has 2 rings (SSSR count). The molecule has 1 fully saturated rings. The zero-order chi connectivity index (χ0) is 15.4. The van der Waals surface area contributed by atoms with Gasteiger partial charge in [0.1, 0.15) is 0 Å². The molecule has 1 aromatic carbocycles. The minimum absolute atomic E-state index is 0.0102. The number of carbonyl (C=O) groups is 2. The summed E-state index contributed by atoms with van der Waals surface area (Å²) in [5.74, 6) is -0.124. The molecule has 1 saturated heterocycles. The van der Waals surface area contributed by atoms with Gasteiger partial charge in [0.15, 0.2) is 0 Å². The smallest absolute Gasteiger partial charge is 0.254 e. The summed E-state index contributed by atoms with van der Waals surface area (Å²) in [7, 11) is 3.71. The largest absolute Gasteiger partial charge is 0.339 e. The van der Waals surface area contributed by atoms with E-state index in [2.05, 4.69) is 20.8 Å². The van der Waals surface area contributed by atoms with E-state index in [1.54, 1.807) is 19.2 Å². The van der Waals surface area contributed by atoms with E-state index in [0.717, 1.165) is 30.7 Å². The van der Waals surface area contributed by atoms with Gasteiger partial charge in [-0.1, -0.05) is 15.9 Å². The summed E-state index contributed by atoms with van der Waals surface area (Å²) < 4.78 is 0.926. The number of nitrogens with zero attached hydrogens (tertiary/aromatic N) is 3. The lowest BCUT2D eigenvalue weighted by Crippen LogP contribution is -2.50. The maximum atomic E-state index is 12.3. The lowest BCUT2D eigenvalue weighted by Gasteiger charge is -2.33. The molecule has 5 nitrogen and oxygen atoms in total. The van der Waals surface area contributed by atoms with Crippen molar-refractivity contribution in [2.45, 2.75) is 0 Å². The van der Waals surface area contributed by atoms with E-state index >= 15 is 0 Å².